The van der Waals surface area contributed by atoms with Crippen molar-refractivity contribution in [2.24, 2.45) is 11.8 Å². The van der Waals surface area contributed by atoms with Gasteiger partial charge in [0.25, 0.3) is 0 Å². The minimum absolute atomic E-state index is 0.0102. The van der Waals surface area contributed by atoms with E-state index in [1.807, 2.05) is 27.7 Å². The fraction of sp³-hybridized carbons (Fsp3) is 0.800. The number of aliphatic hydroxyl groups is 4. The number of ether oxygens (including phenoxy) is 3. The molecule has 3 fully saturated rings. The Hall–Kier alpha value is -2.28. The van der Waals surface area contributed by atoms with Gasteiger partial charge in [-0.05, 0) is 64.5 Å². The van der Waals surface area contributed by atoms with Gasteiger partial charge in [-0.1, -0.05) is 70.8 Å². The quantitative estimate of drug-likeness (QED) is 0.0794. The predicted octanol–water partition coefficient (Wildman–Crippen LogP) is 5.05. The van der Waals surface area contributed by atoms with Gasteiger partial charge in [0.05, 0.1) is 36.4 Å². The molecule has 0 radical (unpaired) electrons. The second-order valence-electron chi connectivity index (χ2n) is 16.2. The van der Waals surface area contributed by atoms with Crippen molar-refractivity contribution < 1.29 is 44.2 Å². The van der Waals surface area contributed by atoms with Gasteiger partial charge in [0.2, 0.25) is 0 Å². The molecule has 290 valence electrons. The van der Waals surface area contributed by atoms with Crippen LogP contribution in [0.1, 0.15) is 112 Å². The summed E-state index contributed by atoms with van der Waals surface area (Å²) < 4.78 is 17.7. The molecule has 3 heterocycles. The summed E-state index contributed by atoms with van der Waals surface area (Å²) in [6, 6.07) is 0.581. The van der Waals surface area contributed by atoms with E-state index in [4.69, 9.17) is 14.2 Å². The number of carbonyl (C=O) groups excluding carboxylic acids is 2. The summed E-state index contributed by atoms with van der Waals surface area (Å²) in [5, 5.41) is 43.4. The Kier molecular flexibility index (Phi) is 15.2. The number of nitrogens with zero attached hydrogens (tertiary/aromatic N) is 2. The monoisotopic (exact) mass is 718 g/mol. The van der Waals surface area contributed by atoms with Crippen LogP contribution in [0.2, 0.25) is 0 Å². The molecule has 1 aliphatic carbocycles. The van der Waals surface area contributed by atoms with Gasteiger partial charge < -0.3 is 39.5 Å². The number of esters is 1. The highest BCUT2D eigenvalue weighted by Gasteiger charge is 2.47. The predicted molar refractivity (Wildman–Crippen MR) is 196 cm³/mol. The molecular formula is C40H66N2O9. The fourth-order valence-corrected chi connectivity index (χ4v) is 7.88. The van der Waals surface area contributed by atoms with E-state index in [2.05, 4.69) is 4.90 Å². The van der Waals surface area contributed by atoms with Crippen LogP contribution in [0.5, 0.6) is 0 Å². The largest absolute Gasteiger partial charge is 0.457 e. The number of epoxide rings is 1. The van der Waals surface area contributed by atoms with Gasteiger partial charge in [-0.3, -0.25) is 9.69 Å². The Morgan fingerprint density at radius 2 is 1.80 bits per heavy atom. The number of rotatable bonds is 10. The topological polar surface area (TPSA) is 153 Å². The number of allylic oxidation sites excluding steroid dienone is 2. The fourth-order valence-electron chi connectivity index (χ4n) is 7.88. The van der Waals surface area contributed by atoms with Gasteiger partial charge >= 0.3 is 12.1 Å². The summed E-state index contributed by atoms with van der Waals surface area (Å²) in [4.78, 5) is 30.6. The van der Waals surface area contributed by atoms with E-state index >= 15 is 0 Å². The molecule has 2 saturated heterocycles. The zero-order valence-electron chi connectivity index (χ0n) is 31.9. The minimum atomic E-state index is -1.48. The van der Waals surface area contributed by atoms with E-state index < -0.39 is 47.7 Å². The lowest BCUT2D eigenvalue weighted by atomic mass is 9.88. The minimum Gasteiger partial charge on any atom is -0.457 e. The first-order valence-corrected chi connectivity index (χ1v) is 19.5. The molecule has 0 aromatic heterocycles. The lowest BCUT2D eigenvalue weighted by molar-refractivity contribution is -0.151. The molecule has 0 aromatic rings. The van der Waals surface area contributed by atoms with Crippen LogP contribution in [-0.4, -0.2) is 122 Å². The van der Waals surface area contributed by atoms with Gasteiger partial charge in [0.15, 0.2) is 6.10 Å². The number of amides is 1. The maximum absolute atomic E-state index is 13.5. The molecule has 1 amide bonds. The van der Waals surface area contributed by atoms with E-state index in [1.165, 1.54) is 38.5 Å². The van der Waals surface area contributed by atoms with Crippen LogP contribution in [0.3, 0.4) is 0 Å². The number of piperazine rings is 1. The van der Waals surface area contributed by atoms with Gasteiger partial charge in [0.1, 0.15) is 11.7 Å². The molecule has 11 nitrogen and oxygen atoms in total. The van der Waals surface area contributed by atoms with E-state index in [9.17, 15) is 30.0 Å². The summed E-state index contributed by atoms with van der Waals surface area (Å²) in [5.74, 6) is -0.935. The SMILES string of the molecule is CC[C@H](O)[C@@H](C)[C@H]1O[C@H]1C[C@@](C)(O)/C=C/C=C(\C)[C@H]1OC(=O)C[C@H](O)CC[C@@](C)(O)[C@@H](OC(=O)N2CCN(C3CCCCCC3)CC2)/C=C/[C@@H]1C. The average molecular weight is 719 g/mol. The van der Waals surface area contributed by atoms with Gasteiger partial charge in [-0.2, -0.15) is 0 Å². The highest BCUT2D eigenvalue weighted by atomic mass is 16.6. The van der Waals surface area contributed by atoms with Crippen molar-refractivity contribution in [1.29, 1.82) is 0 Å². The highest BCUT2D eigenvalue weighted by Crippen LogP contribution is 2.37. The number of hydrogen-bond acceptors (Lipinski definition) is 10. The van der Waals surface area contributed by atoms with E-state index in [0.29, 0.717) is 37.5 Å². The van der Waals surface area contributed by atoms with Gasteiger partial charge in [0, 0.05) is 50.5 Å². The molecule has 1 saturated carbocycles. The third kappa shape index (κ3) is 12.4. The third-order valence-corrected chi connectivity index (χ3v) is 11.5. The first-order chi connectivity index (χ1) is 24.1. The van der Waals surface area contributed by atoms with Gasteiger partial charge in [-0.15, -0.1) is 0 Å². The molecule has 3 aliphatic heterocycles. The lowest BCUT2D eigenvalue weighted by Gasteiger charge is -2.40. The van der Waals surface area contributed by atoms with Crippen molar-refractivity contribution in [2.75, 3.05) is 26.2 Å². The molecule has 51 heavy (non-hydrogen) atoms. The normalized spacial score (nSPS) is 35.5. The van der Waals surface area contributed by atoms with Crippen molar-refractivity contribution in [1.82, 2.24) is 9.80 Å². The lowest BCUT2D eigenvalue weighted by Crippen LogP contribution is -2.53. The highest BCUT2D eigenvalue weighted by molar-refractivity contribution is 5.70. The molecule has 0 aromatic carbocycles. The molecule has 11 heteroatoms. The van der Waals surface area contributed by atoms with E-state index in [-0.39, 0.29) is 43.3 Å². The van der Waals surface area contributed by atoms with Crippen molar-refractivity contribution in [3.05, 3.63) is 36.0 Å². The number of carbonyl (C=O) groups is 2. The van der Waals surface area contributed by atoms with Crippen LogP contribution >= 0.6 is 0 Å². The van der Waals surface area contributed by atoms with Crippen molar-refractivity contribution in [3.8, 4) is 0 Å². The molecule has 0 unspecified atom stereocenters. The Balaban J connectivity index is 1.42. The third-order valence-electron chi connectivity index (χ3n) is 11.5. The molecule has 0 spiro atoms. The molecule has 4 aliphatic rings. The zero-order chi connectivity index (χ0) is 37.3. The van der Waals surface area contributed by atoms with Crippen molar-refractivity contribution in [2.45, 2.75) is 166 Å². The van der Waals surface area contributed by atoms with E-state index in [0.717, 1.165) is 13.1 Å². The Bertz CT molecular complexity index is 1220. The summed E-state index contributed by atoms with van der Waals surface area (Å²) in [5.41, 5.74) is -1.92. The van der Waals surface area contributed by atoms with Gasteiger partial charge in [-0.25, -0.2) is 4.79 Å². The smallest absolute Gasteiger partial charge is 0.410 e. The molecular weight excluding hydrogens is 652 g/mol. The van der Waals surface area contributed by atoms with Crippen LogP contribution in [0.25, 0.3) is 0 Å². The number of aliphatic hydroxyl groups excluding tert-OH is 2. The first-order valence-electron chi connectivity index (χ1n) is 19.5. The number of cyclic esters (lactones) is 1. The average Bonchev–Trinajstić information content (AvgIpc) is 3.89. The number of hydrogen-bond donors (Lipinski definition) is 4. The van der Waals surface area contributed by atoms with Crippen LogP contribution in [0, 0.1) is 11.8 Å². The molecule has 4 rings (SSSR count). The molecule has 10 atom stereocenters. The second kappa shape index (κ2) is 18.7. The second-order valence-corrected chi connectivity index (χ2v) is 16.2. The van der Waals surface area contributed by atoms with Crippen LogP contribution in [-0.2, 0) is 19.0 Å². The Morgan fingerprint density at radius 3 is 2.45 bits per heavy atom. The van der Waals surface area contributed by atoms with Crippen molar-refractivity contribution in [3.63, 3.8) is 0 Å². The van der Waals surface area contributed by atoms with Crippen LogP contribution in [0.4, 0.5) is 4.79 Å². The maximum atomic E-state index is 13.5. The van der Waals surface area contributed by atoms with E-state index in [1.54, 1.807) is 49.1 Å². The summed E-state index contributed by atoms with van der Waals surface area (Å²) >= 11 is 0. The Labute approximate surface area is 305 Å². The summed E-state index contributed by atoms with van der Waals surface area (Å²) in [6.07, 6.45) is 13.4. The Morgan fingerprint density at radius 1 is 1.14 bits per heavy atom. The molecule has 0 bridgehead atoms. The standard InChI is InChI=1S/C40H66N2O9/c1-7-32(44)29(4)37-33(49-37)26-39(5,47)19-12-13-27(2)36-28(3)16-17-34(40(6,48)20-18-31(43)25-35(45)51-36)50-38(46)42-23-21-41(22-24-42)30-14-10-8-9-11-15-30/h12-13,16-17,19,28-34,36-37,43-44,47-48H,7-11,14-15,18,20-26H2,1-6H3/b17-16+,19-12+,27-13+/t28-,29+,31+,32-,33-,34-,36+,37+,39-,40+/m0/s1. The zero-order valence-corrected chi connectivity index (χ0v) is 31.9. The summed E-state index contributed by atoms with van der Waals surface area (Å²) in [6.45, 7) is 13.7. The summed E-state index contributed by atoms with van der Waals surface area (Å²) in [7, 11) is 0. The molecule has 4 N–H and O–H groups in total. The maximum Gasteiger partial charge on any atom is 0.410 e. The first kappa shape index (κ1) is 41.5. The van der Waals surface area contributed by atoms with Crippen LogP contribution in [0.15, 0.2) is 36.0 Å². The van der Waals surface area contributed by atoms with Crippen molar-refractivity contribution >= 4 is 12.1 Å². The van der Waals surface area contributed by atoms with Crippen LogP contribution < -0.4 is 0 Å².